The molecule has 1 aromatic heterocycles. The van der Waals surface area contributed by atoms with Crippen molar-refractivity contribution in [1.29, 1.82) is 0 Å². The van der Waals surface area contributed by atoms with Crippen LogP contribution < -0.4 is 0 Å². The van der Waals surface area contributed by atoms with Crippen LogP contribution in [0.2, 0.25) is 0 Å². The molecule has 0 atom stereocenters. The fourth-order valence-corrected chi connectivity index (χ4v) is 1.99. The number of hydrogen-bond acceptors (Lipinski definition) is 5. The molecule has 0 saturated carbocycles. The Labute approximate surface area is 131 Å². The molecule has 1 aromatic carbocycles. The average Bonchev–Trinajstić information content (AvgIpc) is 2.51. The third-order valence-electron chi connectivity index (χ3n) is 3.10. The van der Waals surface area contributed by atoms with E-state index in [4.69, 9.17) is 4.74 Å². The predicted octanol–water partition coefficient (Wildman–Crippen LogP) is 2.87. The number of aromatic nitrogens is 1. The van der Waals surface area contributed by atoms with Gasteiger partial charge in [0.15, 0.2) is 0 Å². The molecule has 2 aromatic rings. The van der Waals surface area contributed by atoms with Gasteiger partial charge in [0.05, 0.1) is 12.6 Å². The minimum absolute atomic E-state index is 0.127. The summed E-state index contributed by atoms with van der Waals surface area (Å²) in [6, 6.07) is 8.84. The lowest BCUT2D eigenvalue weighted by atomic mass is 10.1. The van der Waals surface area contributed by atoms with Crippen molar-refractivity contribution >= 4 is 22.8 Å². The van der Waals surface area contributed by atoms with Gasteiger partial charge in [0.25, 0.3) is 5.92 Å². The summed E-state index contributed by atoms with van der Waals surface area (Å²) in [5.41, 5.74) is 1.45. The van der Waals surface area contributed by atoms with Crippen LogP contribution in [0.5, 0.6) is 0 Å². The Morgan fingerprint density at radius 3 is 2.65 bits per heavy atom. The molecule has 0 amide bonds. The van der Waals surface area contributed by atoms with Crippen molar-refractivity contribution in [3.8, 4) is 0 Å². The van der Waals surface area contributed by atoms with Gasteiger partial charge in [0.2, 0.25) is 0 Å². The monoisotopic (exact) mass is 323 g/mol. The number of pyridine rings is 1. The van der Waals surface area contributed by atoms with Crippen molar-refractivity contribution < 1.29 is 27.8 Å². The number of rotatable bonds is 6. The summed E-state index contributed by atoms with van der Waals surface area (Å²) in [6.07, 6.45) is -0.664. The van der Waals surface area contributed by atoms with Gasteiger partial charge in [-0.15, -0.1) is 0 Å². The van der Waals surface area contributed by atoms with Gasteiger partial charge >= 0.3 is 11.9 Å². The van der Waals surface area contributed by atoms with E-state index in [0.717, 1.165) is 18.0 Å². The molecule has 2 rings (SSSR count). The van der Waals surface area contributed by atoms with Gasteiger partial charge in [-0.05, 0) is 23.8 Å². The molecular weight excluding hydrogens is 308 g/mol. The maximum Gasteiger partial charge on any atom is 0.312 e. The van der Waals surface area contributed by atoms with E-state index in [1.165, 1.54) is 0 Å². The summed E-state index contributed by atoms with van der Waals surface area (Å²) in [5, 5.41) is 0.858. The number of carbonyl (C=O) groups is 2. The molecule has 0 aliphatic heterocycles. The van der Waals surface area contributed by atoms with Gasteiger partial charge in [0.1, 0.15) is 19.4 Å². The first-order valence-electron chi connectivity index (χ1n) is 6.83. The maximum atomic E-state index is 13.4. The summed E-state index contributed by atoms with van der Waals surface area (Å²) in [5.74, 6) is -5.65. The number of esters is 2. The minimum Gasteiger partial charge on any atom is -0.469 e. The van der Waals surface area contributed by atoms with Crippen LogP contribution in [0.15, 0.2) is 36.5 Å². The first-order valence-corrected chi connectivity index (χ1v) is 6.83. The van der Waals surface area contributed by atoms with Gasteiger partial charge in [-0.2, -0.15) is 0 Å². The molecule has 0 saturated heterocycles. The number of carbonyl (C=O) groups excluding carboxylic acids is 2. The van der Waals surface area contributed by atoms with Crippen molar-refractivity contribution in [2.75, 3.05) is 7.11 Å². The molecule has 23 heavy (non-hydrogen) atoms. The van der Waals surface area contributed by atoms with Gasteiger partial charge in [-0.3, -0.25) is 14.6 Å². The summed E-state index contributed by atoms with van der Waals surface area (Å²) < 4.78 is 35.9. The molecular formula is C16H15F2NO4. The highest BCUT2D eigenvalue weighted by Crippen LogP contribution is 2.24. The first kappa shape index (κ1) is 16.8. The molecule has 0 fully saturated rings. The normalized spacial score (nSPS) is 11.3. The SMILES string of the molecule is COC(=O)CC(F)(F)CC(=O)OCc1ccc2ncccc2c1. The number of methoxy groups -OCH3 is 1. The smallest absolute Gasteiger partial charge is 0.312 e. The molecule has 0 radical (unpaired) electrons. The van der Waals surface area contributed by atoms with E-state index in [1.807, 2.05) is 6.07 Å². The molecule has 1 heterocycles. The summed E-state index contributed by atoms with van der Waals surface area (Å²) in [7, 11) is 1.01. The highest BCUT2D eigenvalue weighted by Gasteiger charge is 2.36. The summed E-state index contributed by atoms with van der Waals surface area (Å²) in [4.78, 5) is 26.5. The molecule has 0 aliphatic carbocycles. The Kier molecular flexibility index (Phi) is 5.20. The van der Waals surface area contributed by atoms with Crippen LogP contribution in [-0.4, -0.2) is 30.0 Å². The Morgan fingerprint density at radius 1 is 1.17 bits per heavy atom. The van der Waals surface area contributed by atoms with Crippen LogP contribution in [0.3, 0.4) is 0 Å². The zero-order valence-corrected chi connectivity index (χ0v) is 12.4. The molecule has 0 unspecified atom stereocenters. The maximum absolute atomic E-state index is 13.4. The van der Waals surface area contributed by atoms with Crippen molar-refractivity contribution in [3.05, 3.63) is 42.1 Å². The Morgan fingerprint density at radius 2 is 1.91 bits per heavy atom. The number of nitrogens with zero attached hydrogens (tertiary/aromatic N) is 1. The van der Waals surface area contributed by atoms with E-state index in [0.29, 0.717) is 5.56 Å². The molecule has 122 valence electrons. The lowest BCUT2D eigenvalue weighted by Crippen LogP contribution is -2.26. The van der Waals surface area contributed by atoms with E-state index in [2.05, 4.69) is 9.72 Å². The number of halogens is 2. The lowest BCUT2D eigenvalue weighted by molar-refractivity contribution is -0.158. The average molecular weight is 323 g/mol. The number of ether oxygens (including phenoxy) is 2. The fourth-order valence-electron chi connectivity index (χ4n) is 1.99. The summed E-state index contributed by atoms with van der Waals surface area (Å²) >= 11 is 0. The lowest BCUT2D eigenvalue weighted by Gasteiger charge is -2.14. The quantitative estimate of drug-likeness (QED) is 0.765. The fraction of sp³-hybridized carbons (Fsp3) is 0.312. The zero-order valence-electron chi connectivity index (χ0n) is 12.4. The van der Waals surface area contributed by atoms with Crippen molar-refractivity contribution in [2.45, 2.75) is 25.4 Å². The minimum atomic E-state index is -3.49. The molecule has 7 heteroatoms. The van der Waals surface area contributed by atoms with Gasteiger partial charge < -0.3 is 9.47 Å². The number of hydrogen-bond donors (Lipinski definition) is 0. The Balaban J connectivity index is 1.91. The van der Waals surface area contributed by atoms with E-state index in [1.54, 1.807) is 30.5 Å². The first-order chi connectivity index (χ1) is 10.9. The Bertz CT molecular complexity index is 718. The second kappa shape index (κ2) is 7.13. The second-order valence-electron chi connectivity index (χ2n) is 4.98. The topological polar surface area (TPSA) is 65.5 Å². The largest absolute Gasteiger partial charge is 0.469 e. The number of benzene rings is 1. The van der Waals surface area contributed by atoms with Crippen LogP contribution in [-0.2, 0) is 25.7 Å². The zero-order chi connectivity index (χ0) is 16.9. The third-order valence-corrected chi connectivity index (χ3v) is 3.10. The van der Waals surface area contributed by atoms with Crippen LogP contribution >= 0.6 is 0 Å². The van der Waals surface area contributed by atoms with E-state index in [-0.39, 0.29) is 6.61 Å². The number of alkyl halides is 2. The summed E-state index contributed by atoms with van der Waals surface area (Å²) in [6.45, 7) is -0.127. The van der Waals surface area contributed by atoms with Gasteiger partial charge in [-0.25, -0.2) is 8.78 Å². The van der Waals surface area contributed by atoms with E-state index in [9.17, 15) is 18.4 Å². The van der Waals surface area contributed by atoms with Gasteiger partial charge in [-0.1, -0.05) is 12.1 Å². The van der Waals surface area contributed by atoms with Crippen LogP contribution in [0.4, 0.5) is 8.78 Å². The Hall–Kier alpha value is -2.57. The van der Waals surface area contributed by atoms with Crippen molar-refractivity contribution in [3.63, 3.8) is 0 Å². The number of fused-ring (bicyclic) bond motifs is 1. The molecule has 0 bridgehead atoms. The van der Waals surface area contributed by atoms with Crippen LogP contribution in [0, 0.1) is 0 Å². The highest BCUT2D eigenvalue weighted by atomic mass is 19.3. The highest BCUT2D eigenvalue weighted by molar-refractivity contribution is 5.79. The second-order valence-corrected chi connectivity index (χ2v) is 4.98. The molecule has 0 aliphatic rings. The predicted molar refractivity (Wildman–Crippen MR) is 77.7 cm³/mol. The molecule has 0 N–H and O–H groups in total. The van der Waals surface area contributed by atoms with E-state index < -0.39 is 30.7 Å². The molecule has 5 nitrogen and oxygen atoms in total. The van der Waals surface area contributed by atoms with Crippen LogP contribution in [0.25, 0.3) is 10.9 Å². The molecule has 0 spiro atoms. The van der Waals surface area contributed by atoms with Crippen molar-refractivity contribution in [1.82, 2.24) is 4.98 Å². The van der Waals surface area contributed by atoms with Gasteiger partial charge in [0, 0.05) is 11.6 Å². The van der Waals surface area contributed by atoms with Crippen LogP contribution in [0.1, 0.15) is 18.4 Å². The van der Waals surface area contributed by atoms with Crippen molar-refractivity contribution in [2.24, 2.45) is 0 Å². The van der Waals surface area contributed by atoms with E-state index >= 15 is 0 Å². The standard InChI is InChI=1S/C16H15F2NO4/c1-22-14(20)8-16(17,18)9-15(21)23-10-11-4-5-13-12(7-11)3-2-6-19-13/h2-7H,8-10H2,1H3. The third kappa shape index (κ3) is 4.98.